The first-order valence-corrected chi connectivity index (χ1v) is 6.46. The molecule has 94 valence electrons. The molecule has 1 aliphatic rings. The normalized spacial score (nSPS) is 17.8. The van der Waals surface area contributed by atoms with E-state index >= 15 is 0 Å². The van der Waals surface area contributed by atoms with Gasteiger partial charge < -0.3 is 5.32 Å². The second-order valence-corrected chi connectivity index (χ2v) is 5.26. The molecule has 0 bridgehead atoms. The van der Waals surface area contributed by atoms with Crippen LogP contribution in [0.25, 0.3) is 0 Å². The standard InChI is InChI=1S/C15H18N2O/c1-15(9-3-2-4-10-15)14(18)17-13-7-5-12(11-16)6-8-13/h5-8H,2-4,9-10H2,1H3,(H,17,18). The van der Waals surface area contributed by atoms with Gasteiger partial charge in [-0.2, -0.15) is 5.26 Å². The molecule has 0 atom stereocenters. The van der Waals surface area contributed by atoms with Crippen LogP contribution in [0, 0.1) is 16.7 Å². The summed E-state index contributed by atoms with van der Waals surface area (Å²) in [5.74, 6) is 0.104. The number of benzene rings is 1. The van der Waals surface area contributed by atoms with E-state index in [0.717, 1.165) is 31.4 Å². The van der Waals surface area contributed by atoms with Crippen molar-refractivity contribution in [1.29, 1.82) is 5.26 Å². The van der Waals surface area contributed by atoms with Gasteiger partial charge in [0, 0.05) is 11.1 Å². The van der Waals surface area contributed by atoms with Crippen molar-refractivity contribution in [2.75, 3.05) is 5.32 Å². The maximum atomic E-state index is 12.3. The van der Waals surface area contributed by atoms with Crippen LogP contribution in [-0.4, -0.2) is 5.91 Å². The summed E-state index contributed by atoms with van der Waals surface area (Å²) in [5, 5.41) is 11.7. The summed E-state index contributed by atoms with van der Waals surface area (Å²) >= 11 is 0. The van der Waals surface area contributed by atoms with Gasteiger partial charge >= 0.3 is 0 Å². The lowest BCUT2D eigenvalue weighted by Gasteiger charge is -2.32. The largest absolute Gasteiger partial charge is 0.326 e. The Balaban J connectivity index is 2.04. The molecule has 18 heavy (non-hydrogen) atoms. The predicted molar refractivity (Wildman–Crippen MR) is 71.0 cm³/mol. The topological polar surface area (TPSA) is 52.9 Å². The molecule has 2 rings (SSSR count). The number of carbonyl (C=O) groups excluding carboxylic acids is 1. The molecule has 0 aromatic heterocycles. The van der Waals surface area contributed by atoms with Gasteiger partial charge in [0.05, 0.1) is 11.6 Å². The average Bonchev–Trinajstić information content (AvgIpc) is 2.40. The van der Waals surface area contributed by atoms with Gasteiger partial charge in [0.25, 0.3) is 0 Å². The van der Waals surface area contributed by atoms with Gasteiger partial charge in [0.1, 0.15) is 0 Å². The number of nitrogens with zero attached hydrogens (tertiary/aromatic N) is 1. The number of hydrogen-bond acceptors (Lipinski definition) is 2. The van der Waals surface area contributed by atoms with E-state index in [9.17, 15) is 4.79 Å². The highest BCUT2D eigenvalue weighted by Crippen LogP contribution is 2.36. The molecule has 3 nitrogen and oxygen atoms in total. The van der Waals surface area contributed by atoms with E-state index in [2.05, 4.69) is 11.4 Å². The Labute approximate surface area is 108 Å². The fourth-order valence-corrected chi connectivity index (χ4v) is 2.47. The molecule has 1 saturated carbocycles. The van der Waals surface area contributed by atoms with E-state index in [1.54, 1.807) is 24.3 Å². The molecular formula is C15H18N2O. The lowest BCUT2D eigenvalue weighted by atomic mass is 9.75. The van der Waals surface area contributed by atoms with Gasteiger partial charge in [0.2, 0.25) is 5.91 Å². The highest BCUT2D eigenvalue weighted by molar-refractivity contribution is 5.95. The lowest BCUT2D eigenvalue weighted by Crippen LogP contribution is -2.35. The zero-order chi connectivity index (χ0) is 13.0. The molecule has 0 aliphatic heterocycles. The number of hydrogen-bond donors (Lipinski definition) is 1. The molecule has 3 heteroatoms. The summed E-state index contributed by atoms with van der Waals surface area (Å²) < 4.78 is 0. The maximum Gasteiger partial charge on any atom is 0.230 e. The summed E-state index contributed by atoms with van der Waals surface area (Å²) in [6, 6.07) is 9.07. The van der Waals surface area contributed by atoms with Crippen molar-refractivity contribution in [2.45, 2.75) is 39.0 Å². The first kappa shape index (κ1) is 12.6. The molecule has 0 spiro atoms. The highest BCUT2D eigenvalue weighted by atomic mass is 16.2. The van der Waals surface area contributed by atoms with Crippen molar-refractivity contribution in [3.63, 3.8) is 0 Å². The summed E-state index contributed by atoms with van der Waals surface area (Å²) in [7, 11) is 0. The highest BCUT2D eigenvalue weighted by Gasteiger charge is 2.34. The smallest absolute Gasteiger partial charge is 0.230 e. The van der Waals surface area contributed by atoms with Crippen LogP contribution in [0.1, 0.15) is 44.6 Å². The predicted octanol–water partition coefficient (Wildman–Crippen LogP) is 3.47. The van der Waals surface area contributed by atoms with Crippen molar-refractivity contribution < 1.29 is 4.79 Å². The molecule has 1 aromatic rings. The Bertz CT molecular complexity index is 464. The average molecular weight is 242 g/mol. The van der Waals surface area contributed by atoms with Crippen molar-refractivity contribution >= 4 is 11.6 Å². The van der Waals surface area contributed by atoms with Crippen LogP contribution in [-0.2, 0) is 4.79 Å². The fraction of sp³-hybridized carbons (Fsp3) is 0.467. The summed E-state index contributed by atoms with van der Waals surface area (Å²) in [4.78, 5) is 12.3. The van der Waals surface area contributed by atoms with Gasteiger partial charge in [-0.05, 0) is 37.1 Å². The third kappa shape index (κ3) is 2.70. The van der Waals surface area contributed by atoms with Crippen LogP contribution in [0.15, 0.2) is 24.3 Å². The van der Waals surface area contributed by atoms with E-state index in [0.29, 0.717) is 5.56 Å². The molecule has 0 radical (unpaired) electrons. The number of carbonyl (C=O) groups is 1. The summed E-state index contributed by atoms with van der Waals surface area (Å²) in [6.45, 7) is 2.05. The van der Waals surface area contributed by atoms with Crippen molar-refractivity contribution in [3.05, 3.63) is 29.8 Å². The van der Waals surface area contributed by atoms with Crippen LogP contribution in [0.5, 0.6) is 0 Å². The van der Waals surface area contributed by atoms with Crippen molar-refractivity contribution in [3.8, 4) is 6.07 Å². The third-order valence-corrected chi connectivity index (χ3v) is 3.78. The zero-order valence-corrected chi connectivity index (χ0v) is 10.7. The Kier molecular flexibility index (Phi) is 3.66. The maximum absolute atomic E-state index is 12.3. The number of nitrogens with one attached hydrogen (secondary N) is 1. The Hall–Kier alpha value is -1.82. The molecule has 1 amide bonds. The lowest BCUT2D eigenvalue weighted by molar-refractivity contribution is -0.126. The Morgan fingerprint density at radius 3 is 2.39 bits per heavy atom. The summed E-state index contributed by atoms with van der Waals surface area (Å²) in [6.07, 6.45) is 5.44. The molecule has 0 unspecified atom stereocenters. The van der Waals surface area contributed by atoms with Gasteiger partial charge in [-0.3, -0.25) is 4.79 Å². The van der Waals surface area contributed by atoms with Crippen LogP contribution in [0.3, 0.4) is 0 Å². The minimum absolute atomic E-state index is 0.104. The van der Waals surface area contributed by atoms with E-state index in [1.807, 2.05) is 6.92 Å². The van der Waals surface area contributed by atoms with Crippen LogP contribution < -0.4 is 5.32 Å². The van der Waals surface area contributed by atoms with Crippen molar-refractivity contribution in [1.82, 2.24) is 0 Å². The number of nitriles is 1. The Morgan fingerprint density at radius 2 is 1.83 bits per heavy atom. The minimum atomic E-state index is -0.230. The van der Waals surface area contributed by atoms with Gasteiger partial charge in [-0.25, -0.2) is 0 Å². The number of amides is 1. The summed E-state index contributed by atoms with van der Waals surface area (Å²) in [5.41, 5.74) is 1.15. The molecule has 0 heterocycles. The van der Waals surface area contributed by atoms with Crippen LogP contribution in [0.4, 0.5) is 5.69 Å². The quantitative estimate of drug-likeness (QED) is 0.863. The van der Waals surface area contributed by atoms with E-state index in [4.69, 9.17) is 5.26 Å². The van der Waals surface area contributed by atoms with E-state index in [-0.39, 0.29) is 11.3 Å². The molecule has 1 N–H and O–H groups in total. The first-order chi connectivity index (χ1) is 8.64. The van der Waals surface area contributed by atoms with Gasteiger partial charge in [-0.15, -0.1) is 0 Å². The second kappa shape index (κ2) is 5.22. The molecule has 0 saturated heterocycles. The number of anilines is 1. The molecule has 1 fully saturated rings. The number of rotatable bonds is 2. The van der Waals surface area contributed by atoms with Gasteiger partial charge in [0.15, 0.2) is 0 Å². The van der Waals surface area contributed by atoms with E-state index < -0.39 is 0 Å². The van der Waals surface area contributed by atoms with E-state index in [1.165, 1.54) is 6.42 Å². The van der Waals surface area contributed by atoms with Crippen LogP contribution >= 0.6 is 0 Å². The molecular weight excluding hydrogens is 224 g/mol. The fourth-order valence-electron chi connectivity index (χ4n) is 2.47. The molecule has 1 aliphatic carbocycles. The second-order valence-electron chi connectivity index (χ2n) is 5.26. The Morgan fingerprint density at radius 1 is 1.22 bits per heavy atom. The monoisotopic (exact) mass is 242 g/mol. The van der Waals surface area contributed by atoms with Crippen molar-refractivity contribution in [2.24, 2.45) is 5.41 Å². The third-order valence-electron chi connectivity index (χ3n) is 3.78. The SMILES string of the molecule is CC1(C(=O)Nc2ccc(C#N)cc2)CCCCC1. The van der Waals surface area contributed by atoms with Crippen LogP contribution in [0.2, 0.25) is 0 Å². The molecule has 1 aromatic carbocycles. The zero-order valence-electron chi connectivity index (χ0n) is 10.7. The first-order valence-electron chi connectivity index (χ1n) is 6.46. The van der Waals surface area contributed by atoms with Gasteiger partial charge in [-0.1, -0.05) is 26.2 Å². The minimum Gasteiger partial charge on any atom is -0.326 e.